The molecule has 1 fully saturated rings. The molecule has 7 heteroatoms. The first-order valence-electron chi connectivity index (χ1n) is 8.57. The summed E-state index contributed by atoms with van der Waals surface area (Å²) >= 11 is 1.44. The van der Waals surface area contributed by atoms with Crippen molar-refractivity contribution in [3.63, 3.8) is 0 Å². The highest BCUT2D eigenvalue weighted by Crippen LogP contribution is 2.28. The van der Waals surface area contributed by atoms with E-state index in [0.717, 1.165) is 4.88 Å². The Hall–Kier alpha value is -2.54. The van der Waals surface area contributed by atoms with E-state index in [2.05, 4.69) is 0 Å². The van der Waals surface area contributed by atoms with E-state index in [1.54, 1.807) is 35.1 Å². The summed E-state index contributed by atoms with van der Waals surface area (Å²) in [6, 6.07) is 8.91. The molecule has 1 aromatic heterocycles. The van der Waals surface area contributed by atoms with Gasteiger partial charge in [0.15, 0.2) is 11.5 Å². The van der Waals surface area contributed by atoms with E-state index < -0.39 is 0 Å². The molecule has 6 nitrogen and oxygen atoms in total. The molecule has 2 heterocycles. The Morgan fingerprint density at radius 3 is 2.31 bits per heavy atom. The topological polar surface area (TPSA) is 59.1 Å². The molecule has 0 atom stereocenters. The smallest absolute Gasteiger partial charge is 0.264 e. The SMILES string of the molecule is CCOc1ccc(C(=O)N2CCN(C(=O)c3cccs3)CC2)cc1OC. The van der Waals surface area contributed by atoms with E-state index >= 15 is 0 Å². The minimum Gasteiger partial charge on any atom is -0.493 e. The van der Waals surface area contributed by atoms with E-state index in [1.165, 1.54) is 11.3 Å². The first-order valence-corrected chi connectivity index (χ1v) is 9.45. The zero-order valence-electron chi connectivity index (χ0n) is 14.9. The predicted octanol–water partition coefficient (Wildman–Crippen LogP) is 2.75. The molecule has 0 saturated carbocycles. The van der Waals surface area contributed by atoms with E-state index in [0.29, 0.717) is 49.8 Å². The van der Waals surface area contributed by atoms with Crippen LogP contribution in [-0.4, -0.2) is 61.5 Å². The van der Waals surface area contributed by atoms with Crippen LogP contribution in [0.5, 0.6) is 11.5 Å². The van der Waals surface area contributed by atoms with Crippen molar-refractivity contribution < 1.29 is 19.1 Å². The normalized spacial score (nSPS) is 14.2. The minimum atomic E-state index is -0.0606. The highest BCUT2D eigenvalue weighted by Gasteiger charge is 2.26. The van der Waals surface area contributed by atoms with Crippen LogP contribution < -0.4 is 9.47 Å². The number of amides is 2. The molecule has 3 rings (SSSR count). The number of carbonyl (C=O) groups excluding carboxylic acids is 2. The summed E-state index contributed by atoms with van der Waals surface area (Å²) in [5.74, 6) is 1.14. The lowest BCUT2D eigenvalue weighted by Crippen LogP contribution is -2.50. The highest BCUT2D eigenvalue weighted by atomic mass is 32.1. The Bertz CT molecular complexity index is 768. The summed E-state index contributed by atoms with van der Waals surface area (Å²) in [4.78, 5) is 29.5. The Morgan fingerprint density at radius 1 is 1.04 bits per heavy atom. The van der Waals surface area contributed by atoms with Gasteiger partial charge in [-0.1, -0.05) is 6.07 Å². The van der Waals surface area contributed by atoms with Gasteiger partial charge >= 0.3 is 0 Å². The molecule has 0 N–H and O–H groups in total. The lowest BCUT2D eigenvalue weighted by atomic mass is 10.1. The molecule has 0 unspecified atom stereocenters. The van der Waals surface area contributed by atoms with Crippen molar-refractivity contribution in [3.05, 3.63) is 46.2 Å². The number of benzene rings is 1. The van der Waals surface area contributed by atoms with Crippen molar-refractivity contribution in [2.75, 3.05) is 39.9 Å². The van der Waals surface area contributed by atoms with Gasteiger partial charge in [-0.15, -0.1) is 11.3 Å². The third-order valence-electron chi connectivity index (χ3n) is 4.30. The summed E-state index contributed by atoms with van der Waals surface area (Å²) in [6.45, 7) is 4.55. The van der Waals surface area contributed by atoms with Crippen LogP contribution in [0.2, 0.25) is 0 Å². The summed E-state index contributed by atoms with van der Waals surface area (Å²) in [7, 11) is 1.56. The van der Waals surface area contributed by atoms with Crippen molar-refractivity contribution in [2.24, 2.45) is 0 Å². The van der Waals surface area contributed by atoms with Gasteiger partial charge in [0.25, 0.3) is 11.8 Å². The van der Waals surface area contributed by atoms with Gasteiger partial charge in [0.1, 0.15) is 0 Å². The summed E-state index contributed by atoms with van der Waals surface area (Å²) in [5, 5.41) is 1.90. The summed E-state index contributed by atoms with van der Waals surface area (Å²) < 4.78 is 10.8. The first kappa shape index (κ1) is 18.3. The second kappa shape index (κ2) is 8.23. The van der Waals surface area contributed by atoms with E-state index in [-0.39, 0.29) is 11.8 Å². The van der Waals surface area contributed by atoms with Gasteiger partial charge in [0.05, 0.1) is 18.6 Å². The van der Waals surface area contributed by atoms with E-state index in [1.807, 2.05) is 24.4 Å². The van der Waals surface area contributed by atoms with Crippen LogP contribution in [0.3, 0.4) is 0 Å². The fraction of sp³-hybridized carbons (Fsp3) is 0.368. The maximum atomic E-state index is 12.8. The van der Waals surface area contributed by atoms with Gasteiger partial charge in [-0.2, -0.15) is 0 Å². The zero-order chi connectivity index (χ0) is 18.5. The number of carbonyl (C=O) groups is 2. The lowest BCUT2D eigenvalue weighted by molar-refractivity contribution is 0.0538. The van der Waals surface area contributed by atoms with Gasteiger partial charge < -0.3 is 19.3 Å². The summed E-state index contributed by atoms with van der Waals surface area (Å²) in [6.07, 6.45) is 0. The zero-order valence-corrected chi connectivity index (χ0v) is 15.8. The maximum Gasteiger partial charge on any atom is 0.264 e. The Balaban J connectivity index is 1.64. The molecule has 2 amide bonds. The maximum absolute atomic E-state index is 12.8. The largest absolute Gasteiger partial charge is 0.493 e. The third kappa shape index (κ3) is 3.83. The molecule has 2 aromatic rings. The molecule has 1 aromatic carbocycles. The number of methoxy groups -OCH3 is 1. The number of piperazine rings is 1. The van der Waals surface area contributed by atoms with Crippen molar-refractivity contribution in [3.8, 4) is 11.5 Å². The fourth-order valence-electron chi connectivity index (χ4n) is 2.93. The van der Waals surface area contributed by atoms with E-state index in [4.69, 9.17) is 9.47 Å². The molecule has 0 radical (unpaired) electrons. The van der Waals surface area contributed by atoms with Crippen LogP contribution in [0.4, 0.5) is 0 Å². The van der Waals surface area contributed by atoms with Gasteiger partial charge in [0, 0.05) is 31.7 Å². The lowest BCUT2D eigenvalue weighted by Gasteiger charge is -2.34. The Labute approximate surface area is 156 Å². The molecule has 0 bridgehead atoms. The van der Waals surface area contributed by atoms with Crippen LogP contribution in [-0.2, 0) is 0 Å². The molecular weight excluding hydrogens is 352 g/mol. The molecule has 1 aliphatic heterocycles. The van der Waals surface area contributed by atoms with Gasteiger partial charge in [-0.05, 0) is 36.6 Å². The molecule has 0 spiro atoms. The van der Waals surface area contributed by atoms with Crippen molar-refractivity contribution >= 4 is 23.2 Å². The second-order valence-electron chi connectivity index (χ2n) is 5.86. The van der Waals surface area contributed by atoms with Gasteiger partial charge in [0.2, 0.25) is 0 Å². The van der Waals surface area contributed by atoms with Gasteiger partial charge in [-0.3, -0.25) is 9.59 Å². The average molecular weight is 374 g/mol. The molecule has 1 aliphatic rings. The third-order valence-corrected chi connectivity index (χ3v) is 5.15. The molecule has 0 aliphatic carbocycles. The van der Waals surface area contributed by atoms with Crippen molar-refractivity contribution in [1.29, 1.82) is 0 Å². The van der Waals surface area contributed by atoms with Crippen molar-refractivity contribution in [1.82, 2.24) is 9.80 Å². The monoisotopic (exact) mass is 374 g/mol. The quantitative estimate of drug-likeness (QED) is 0.807. The van der Waals surface area contributed by atoms with Crippen LogP contribution >= 0.6 is 11.3 Å². The molecule has 1 saturated heterocycles. The molecule has 26 heavy (non-hydrogen) atoms. The molecule has 138 valence electrons. The number of rotatable bonds is 5. The standard InChI is InChI=1S/C19H22N2O4S/c1-3-25-15-7-6-14(13-16(15)24-2)18(22)20-8-10-21(11-9-20)19(23)17-5-4-12-26-17/h4-7,12-13H,3,8-11H2,1-2H3. The average Bonchev–Trinajstić information content (AvgIpc) is 3.22. The van der Waals surface area contributed by atoms with E-state index in [9.17, 15) is 9.59 Å². The Morgan fingerprint density at radius 2 is 1.73 bits per heavy atom. The minimum absolute atomic E-state index is 0.0369. The van der Waals surface area contributed by atoms with Crippen LogP contribution in [0, 0.1) is 0 Å². The number of ether oxygens (including phenoxy) is 2. The van der Waals surface area contributed by atoms with Crippen molar-refractivity contribution in [2.45, 2.75) is 6.92 Å². The molecular formula is C19H22N2O4S. The predicted molar refractivity (Wildman–Crippen MR) is 100 cm³/mol. The van der Waals surface area contributed by atoms with Crippen LogP contribution in [0.15, 0.2) is 35.7 Å². The Kier molecular flexibility index (Phi) is 5.78. The fourth-order valence-corrected chi connectivity index (χ4v) is 3.62. The summed E-state index contributed by atoms with van der Waals surface area (Å²) in [5.41, 5.74) is 0.559. The number of hydrogen-bond acceptors (Lipinski definition) is 5. The second-order valence-corrected chi connectivity index (χ2v) is 6.81. The number of thiophene rings is 1. The number of hydrogen-bond donors (Lipinski definition) is 0. The number of nitrogens with zero attached hydrogens (tertiary/aromatic N) is 2. The highest BCUT2D eigenvalue weighted by molar-refractivity contribution is 7.12. The van der Waals surface area contributed by atoms with Crippen LogP contribution in [0.25, 0.3) is 0 Å². The first-order chi connectivity index (χ1) is 12.6. The van der Waals surface area contributed by atoms with Gasteiger partial charge in [-0.25, -0.2) is 0 Å². The van der Waals surface area contributed by atoms with Crippen LogP contribution in [0.1, 0.15) is 27.0 Å².